The van der Waals surface area contributed by atoms with Crippen molar-refractivity contribution < 1.29 is 4.74 Å². The first-order chi connectivity index (χ1) is 10.3. The Morgan fingerprint density at radius 1 is 1.00 bits per heavy atom. The van der Waals surface area contributed by atoms with Crippen LogP contribution < -0.4 is 10.1 Å². The fraction of sp³-hybridized carbons (Fsp3) is 0.333. The smallest absolute Gasteiger partial charge is 0.138 e. The van der Waals surface area contributed by atoms with Crippen LogP contribution in [0, 0.1) is 0 Å². The zero-order chi connectivity index (χ0) is 14.5. The molecule has 0 bridgehead atoms. The Kier molecular flexibility index (Phi) is 4.79. The summed E-state index contributed by atoms with van der Waals surface area (Å²) in [5.74, 6) is 0.733. The molecule has 2 aromatic carbocycles. The molecule has 0 heterocycles. The predicted octanol–water partition coefficient (Wildman–Crippen LogP) is 4.21. The Morgan fingerprint density at radius 2 is 1.71 bits per heavy atom. The minimum Gasteiger partial charge on any atom is -0.487 e. The quantitative estimate of drug-likeness (QED) is 0.827. The highest BCUT2D eigenvalue weighted by atomic mass is 35.5. The number of nitrogens with one attached hydrogen (secondary N) is 1. The SMILES string of the molecule is Clc1ccccc1OCc1ccc(CCNC2CC2)cc1. The maximum atomic E-state index is 6.07. The van der Waals surface area contributed by atoms with Crippen molar-refractivity contribution in [1.82, 2.24) is 5.32 Å². The normalized spacial score (nSPS) is 14.1. The molecule has 0 spiro atoms. The summed E-state index contributed by atoms with van der Waals surface area (Å²) in [6, 6.07) is 17.0. The first kappa shape index (κ1) is 14.4. The summed E-state index contributed by atoms with van der Waals surface area (Å²) < 4.78 is 5.74. The molecule has 1 N–H and O–H groups in total. The first-order valence-corrected chi connectivity index (χ1v) is 7.87. The first-order valence-electron chi connectivity index (χ1n) is 7.50. The van der Waals surface area contributed by atoms with Crippen LogP contribution in [-0.2, 0) is 13.0 Å². The van der Waals surface area contributed by atoms with Gasteiger partial charge in [-0.2, -0.15) is 0 Å². The molecule has 1 aliphatic rings. The number of para-hydroxylation sites is 1. The van der Waals surface area contributed by atoms with E-state index in [1.807, 2.05) is 24.3 Å². The second-order valence-electron chi connectivity index (χ2n) is 5.51. The molecular weight excluding hydrogens is 282 g/mol. The van der Waals surface area contributed by atoms with Gasteiger partial charge < -0.3 is 10.1 Å². The lowest BCUT2D eigenvalue weighted by Crippen LogP contribution is -2.19. The molecule has 0 atom stereocenters. The van der Waals surface area contributed by atoms with Crippen LogP contribution in [0.15, 0.2) is 48.5 Å². The highest BCUT2D eigenvalue weighted by Crippen LogP contribution is 2.24. The van der Waals surface area contributed by atoms with Gasteiger partial charge in [-0.3, -0.25) is 0 Å². The van der Waals surface area contributed by atoms with Crippen LogP contribution in [0.3, 0.4) is 0 Å². The number of ether oxygens (including phenoxy) is 1. The minimum atomic E-state index is 0.546. The van der Waals surface area contributed by atoms with Crippen molar-refractivity contribution in [2.75, 3.05) is 6.54 Å². The summed E-state index contributed by atoms with van der Waals surface area (Å²) in [6.45, 7) is 1.62. The number of rotatable bonds is 7. The minimum absolute atomic E-state index is 0.546. The summed E-state index contributed by atoms with van der Waals surface area (Å²) in [5, 5.41) is 4.19. The Hall–Kier alpha value is -1.51. The van der Waals surface area contributed by atoms with E-state index in [1.54, 1.807) is 0 Å². The van der Waals surface area contributed by atoms with E-state index in [2.05, 4.69) is 29.6 Å². The van der Waals surface area contributed by atoms with Gasteiger partial charge in [-0.15, -0.1) is 0 Å². The number of benzene rings is 2. The van der Waals surface area contributed by atoms with E-state index < -0.39 is 0 Å². The van der Waals surface area contributed by atoms with Crippen molar-refractivity contribution >= 4 is 11.6 Å². The van der Waals surface area contributed by atoms with Gasteiger partial charge in [-0.25, -0.2) is 0 Å². The molecule has 1 aliphatic carbocycles. The number of hydrogen-bond acceptors (Lipinski definition) is 2. The van der Waals surface area contributed by atoms with Gasteiger partial charge in [0, 0.05) is 6.04 Å². The Bertz CT molecular complexity index is 578. The van der Waals surface area contributed by atoms with E-state index in [4.69, 9.17) is 16.3 Å². The second kappa shape index (κ2) is 6.97. The van der Waals surface area contributed by atoms with Crippen LogP contribution in [0.2, 0.25) is 5.02 Å². The maximum absolute atomic E-state index is 6.07. The van der Waals surface area contributed by atoms with Crippen LogP contribution in [0.1, 0.15) is 24.0 Å². The highest BCUT2D eigenvalue weighted by molar-refractivity contribution is 6.32. The van der Waals surface area contributed by atoms with Gasteiger partial charge in [-0.05, 0) is 49.1 Å². The van der Waals surface area contributed by atoms with E-state index in [-0.39, 0.29) is 0 Å². The van der Waals surface area contributed by atoms with Crippen molar-refractivity contribution in [2.24, 2.45) is 0 Å². The average Bonchev–Trinajstić information content (AvgIpc) is 3.32. The summed E-state index contributed by atoms with van der Waals surface area (Å²) in [5.41, 5.74) is 2.53. The summed E-state index contributed by atoms with van der Waals surface area (Å²) >= 11 is 6.07. The third-order valence-electron chi connectivity index (χ3n) is 3.68. The lowest BCUT2D eigenvalue weighted by atomic mass is 10.1. The topological polar surface area (TPSA) is 21.3 Å². The molecule has 0 amide bonds. The van der Waals surface area contributed by atoms with Crippen LogP contribution in [0.5, 0.6) is 5.75 Å². The molecule has 0 unspecified atom stereocenters. The van der Waals surface area contributed by atoms with Gasteiger partial charge >= 0.3 is 0 Å². The Balaban J connectivity index is 1.48. The zero-order valence-electron chi connectivity index (χ0n) is 12.0. The number of halogens is 1. The zero-order valence-corrected chi connectivity index (χ0v) is 12.8. The lowest BCUT2D eigenvalue weighted by molar-refractivity contribution is 0.306. The fourth-order valence-electron chi connectivity index (χ4n) is 2.23. The molecule has 3 heteroatoms. The van der Waals surface area contributed by atoms with Gasteiger partial charge in [0.1, 0.15) is 12.4 Å². The van der Waals surface area contributed by atoms with Crippen LogP contribution >= 0.6 is 11.6 Å². The molecule has 2 aromatic rings. The van der Waals surface area contributed by atoms with Crippen LogP contribution in [-0.4, -0.2) is 12.6 Å². The van der Waals surface area contributed by atoms with Crippen molar-refractivity contribution in [2.45, 2.75) is 31.9 Å². The van der Waals surface area contributed by atoms with Gasteiger partial charge in [0.05, 0.1) is 5.02 Å². The van der Waals surface area contributed by atoms with Gasteiger partial charge in [0.25, 0.3) is 0 Å². The van der Waals surface area contributed by atoms with Crippen LogP contribution in [0.4, 0.5) is 0 Å². The summed E-state index contributed by atoms with van der Waals surface area (Å²) in [4.78, 5) is 0. The third-order valence-corrected chi connectivity index (χ3v) is 3.99. The van der Waals surface area contributed by atoms with Gasteiger partial charge in [-0.1, -0.05) is 48.0 Å². The molecule has 3 rings (SSSR count). The average molecular weight is 302 g/mol. The Labute approximate surface area is 131 Å². The monoisotopic (exact) mass is 301 g/mol. The molecule has 21 heavy (non-hydrogen) atoms. The van der Waals surface area contributed by atoms with Gasteiger partial charge in [0.15, 0.2) is 0 Å². The third kappa shape index (κ3) is 4.48. The van der Waals surface area contributed by atoms with Crippen molar-refractivity contribution in [3.05, 3.63) is 64.7 Å². The van der Waals surface area contributed by atoms with E-state index >= 15 is 0 Å². The predicted molar refractivity (Wildman–Crippen MR) is 87.0 cm³/mol. The lowest BCUT2D eigenvalue weighted by Gasteiger charge is -2.09. The molecular formula is C18H20ClNO. The molecule has 2 nitrogen and oxygen atoms in total. The van der Waals surface area contributed by atoms with E-state index in [0.29, 0.717) is 11.6 Å². The number of hydrogen-bond donors (Lipinski definition) is 1. The highest BCUT2D eigenvalue weighted by Gasteiger charge is 2.19. The largest absolute Gasteiger partial charge is 0.487 e. The van der Waals surface area contributed by atoms with Crippen molar-refractivity contribution in [3.8, 4) is 5.75 Å². The van der Waals surface area contributed by atoms with Gasteiger partial charge in [0.2, 0.25) is 0 Å². The van der Waals surface area contributed by atoms with Crippen LogP contribution in [0.25, 0.3) is 0 Å². The molecule has 110 valence electrons. The standard InChI is InChI=1S/C18H20ClNO/c19-17-3-1-2-4-18(17)21-13-15-7-5-14(6-8-15)11-12-20-16-9-10-16/h1-8,16,20H,9-13H2. The molecule has 0 aliphatic heterocycles. The summed E-state index contributed by atoms with van der Waals surface area (Å²) in [7, 11) is 0. The van der Waals surface area contributed by atoms with E-state index in [1.165, 1.54) is 18.4 Å². The molecule has 1 fully saturated rings. The maximum Gasteiger partial charge on any atom is 0.138 e. The Morgan fingerprint density at radius 3 is 2.43 bits per heavy atom. The molecule has 1 saturated carbocycles. The molecule has 0 saturated heterocycles. The van der Waals surface area contributed by atoms with Crippen molar-refractivity contribution in [1.29, 1.82) is 0 Å². The molecule has 0 aromatic heterocycles. The van der Waals surface area contributed by atoms with Crippen molar-refractivity contribution in [3.63, 3.8) is 0 Å². The van der Waals surface area contributed by atoms with E-state index in [9.17, 15) is 0 Å². The molecule has 0 radical (unpaired) electrons. The fourth-order valence-corrected chi connectivity index (χ4v) is 2.42. The summed E-state index contributed by atoms with van der Waals surface area (Å²) in [6.07, 6.45) is 3.78. The van der Waals surface area contributed by atoms with E-state index in [0.717, 1.165) is 30.3 Å². The second-order valence-corrected chi connectivity index (χ2v) is 5.92.